The van der Waals surface area contributed by atoms with Gasteiger partial charge in [0.25, 0.3) is 0 Å². The Morgan fingerprint density at radius 1 is 1.00 bits per heavy atom. The zero-order chi connectivity index (χ0) is 14.1. The SMILES string of the molecule is c1cnc(N2CC[C@H]3[C@H](C2)CN3CC2CCCCC2)nc1. The van der Waals surface area contributed by atoms with Gasteiger partial charge >= 0.3 is 0 Å². The summed E-state index contributed by atoms with van der Waals surface area (Å²) in [6.45, 7) is 4.93. The van der Waals surface area contributed by atoms with Crippen LogP contribution in [0.5, 0.6) is 0 Å². The highest BCUT2D eigenvalue weighted by Crippen LogP contribution is 2.35. The van der Waals surface area contributed by atoms with Crippen LogP contribution in [0.25, 0.3) is 0 Å². The Bertz CT molecular complexity index is 457. The molecule has 2 aliphatic heterocycles. The van der Waals surface area contributed by atoms with Gasteiger partial charge in [-0.15, -0.1) is 0 Å². The van der Waals surface area contributed by atoms with Crippen LogP contribution in [0.1, 0.15) is 38.5 Å². The van der Waals surface area contributed by atoms with E-state index in [4.69, 9.17) is 0 Å². The van der Waals surface area contributed by atoms with Gasteiger partial charge in [-0.05, 0) is 31.2 Å². The number of anilines is 1. The maximum absolute atomic E-state index is 4.40. The quantitative estimate of drug-likeness (QED) is 0.855. The lowest BCUT2D eigenvalue weighted by molar-refractivity contribution is -0.0138. The zero-order valence-corrected chi connectivity index (χ0v) is 12.8. The standard InChI is InChI=1S/C17H26N4/c1-2-5-14(6-3-1)11-21-13-15-12-20(10-7-16(15)21)17-18-8-4-9-19-17/h4,8-9,14-16H,1-3,5-7,10-13H2/t15-,16+/m1/s1. The Morgan fingerprint density at radius 2 is 1.81 bits per heavy atom. The van der Waals surface area contributed by atoms with Crippen LogP contribution in [0, 0.1) is 11.8 Å². The topological polar surface area (TPSA) is 32.3 Å². The van der Waals surface area contributed by atoms with Crippen molar-refractivity contribution in [1.29, 1.82) is 0 Å². The second-order valence-corrected chi connectivity index (χ2v) is 7.07. The molecule has 4 nitrogen and oxygen atoms in total. The number of likely N-dealkylation sites (tertiary alicyclic amines) is 1. The number of piperidine rings is 1. The summed E-state index contributed by atoms with van der Waals surface area (Å²) < 4.78 is 0. The fraction of sp³-hybridized carbons (Fsp3) is 0.765. The van der Waals surface area contributed by atoms with Crippen LogP contribution < -0.4 is 4.90 Å². The first-order chi connectivity index (χ1) is 10.4. The van der Waals surface area contributed by atoms with Gasteiger partial charge in [0.05, 0.1) is 0 Å². The number of hydrogen-bond donors (Lipinski definition) is 0. The summed E-state index contributed by atoms with van der Waals surface area (Å²) >= 11 is 0. The normalized spacial score (nSPS) is 30.8. The molecule has 21 heavy (non-hydrogen) atoms. The van der Waals surface area contributed by atoms with Gasteiger partial charge in [-0.2, -0.15) is 0 Å². The summed E-state index contributed by atoms with van der Waals surface area (Å²) in [6.07, 6.45) is 12.3. The lowest BCUT2D eigenvalue weighted by Crippen LogP contribution is -2.64. The minimum Gasteiger partial charge on any atom is -0.340 e. The molecule has 114 valence electrons. The van der Waals surface area contributed by atoms with Crippen LogP contribution in [0.15, 0.2) is 18.5 Å². The second-order valence-electron chi connectivity index (χ2n) is 7.07. The van der Waals surface area contributed by atoms with Gasteiger partial charge < -0.3 is 4.90 Å². The van der Waals surface area contributed by atoms with E-state index < -0.39 is 0 Å². The molecule has 0 radical (unpaired) electrons. The van der Waals surface area contributed by atoms with E-state index in [2.05, 4.69) is 19.8 Å². The molecule has 1 aliphatic carbocycles. The Labute approximate surface area is 127 Å². The van der Waals surface area contributed by atoms with Crippen molar-refractivity contribution >= 4 is 5.95 Å². The molecule has 1 aromatic rings. The third-order valence-electron chi connectivity index (χ3n) is 5.68. The van der Waals surface area contributed by atoms with Gasteiger partial charge in [0.15, 0.2) is 0 Å². The smallest absolute Gasteiger partial charge is 0.225 e. The van der Waals surface area contributed by atoms with E-state index in [-0.39, 0.29) is 0 Å². The van der Waals surface area contributed by atoms with Crippen molar-refractivity contribution in [1.82, 2.24) is 14.9 Å². The number of aromatic nitrogens is 2. The molecule has 0 unspecified atom stereocenters. The first-order valence-corrected chi connectivity index (χ1v) is 8.66. The van der Waals surface area contributed by atoms with Gasteiger partial charge in [0.2, 0.25) is 5.95 Å². The number of rotatable bonds is 3. The Balaban J connectivity index is 1.30. The predicted octanol–water partition coefficient (Wildman–Crippen LogP) is 2.57. The maximum Gasteiger partial charge on any atom is 0.225 e. The van der Waals surface area contributed by atoms with Crippen LogP contribution in [0.2, 0.25) is 0 Å². The molecule has 0 amide bonds. The Hall–Kier alpha value is -1.16. The molecule has 0 bridgehead atoms. The summed E-state index contributed by atoms with van der Waals surface area (Å²) in [5, 5.41) is 0. The number of hydrogen-bond acceptors (Lipinski definition) is 4. The predicted molar refractivity (Wildman–Crippen MR) is 84.3 cm³/mol. The average molecular weight is 286 g/mol. The van der Waals surface area contributed by atoms with Crippen molar-refractivity contribution in [2.45, 2.75) is 44.6 Å². The number of nitrogens with zero attached hydrogens (tertiary/aromatic N) is 4. The van der Waals surface area contributed by atoms with E-state index in [1.165, 1.54) is 51.6 Å². The summed E-state index contributed by atoms with van der Waals surface area (Å²) in [5.41, 5.74) is 0. The van der Waals surface area contributed by atoms with Crippen LogP contribution in [0.4, 0.5) is 5.95 Å². The third kappa shape index (κ3) is 2.78. The molecule has 3 heterocycles. The van der Waals surface area contributed by atoms with E-state index in [0.717, 1.165) is 36.9 Å². The van der Waals surface area contributed by atoms with E-state index >= 15 is 0 Å². The maximum atomic E-state index is 4.40. The summed E-state index contributed by atoms with van der Waals surface area (Å²) in [5.74, 6) is 2.74. The Morgan fingerprint density at radius 3 is 2.57 bits per heavy atom. The number of fused-ring (bicyclic) bond motifs is 1. The summed E-state index contributed by atoms with van der Waals surface area (Å²) in [7, 11) is 0. The van der Waals surface area contributed by atoms with E-state index in [1.54, 1.807) is 0 Å². The van der Waals surface area contributed by atoms with Crippen molar-refractivity contribution in [2.24, 2.45) is 11.8 Å². The van der Waals surface area contributed by atoms with Crippen LogP contribution in [0.3, 0.4) is 0 Å². The van der Waals surface area contributed by atoms with Crippen molar-refractivity contribution in [3.63, 3.8) is 0 Å². The molecule has 1 aromatic heterocycles. The molecular weight excluding hydrogens is 260 g/mol. The molecule has 0 N–H and O–H groups in total. The molecule has 0 spiro atoms. The largest absolute Gasteiger partial charge is 0.340 e. The second kappa shape index (κ2) is 5.91. The van der Waals surface area contributed by atoms with Crippen LogP contribution in [-0.2, 0) is 0 Å². The lowest BCUT2D eigenvalue weighted by atomic mass is 9.80. The third-order valence-corrected chi connectivity index (χ3v) is 5.68. The molecule has 2 atom stereocenters. The minimum absolute atomic E-state index is 0.839. The fourth-order valence-corrected chi connectivity index (χ4v) is 4.53. The molecule has 3 aliphatic rings. The fourth-order valence-electron chi connectivity index (χ4n) is 4.53. The Kier molecular flexibility index (Phi) is 3.80. The average Bonchev–Trinajstić information content (AvgIpc) is 2.54. The highest BCUT2D eigenvalue weighted by atomic mass is 15.3. The lowest BCUT2D eigenvalue weighted by Gasteiger charge is -2.54. The molecule has 4 rings (SSSR count). The first kappa shape index (κ1) is 13.5. The van der Waals surface area contributed by atoms with Crippen molar-refractivity contribution in [3.8, 4) is 0 Å². The highest BCUT2D eigenvalue weighted by molar-refractivity contribution is 5.30. The summed E-state index contributed by atoms with van der Waals surface area (Å²) in [6, 6.07) is 2.73. The van der Waals surface area contributed by atoms with E-state index in [9.17, 15) is 0 Å². The monoisotopic (exact) mass is 286 g/mol. The van der Waals surface area contributed by atoms with Crippen LogP contribution in [-0.4, -0.2) is 47.1 Å². The van der Waals surface area contributed by atoms with E-state index in [1.807, 2.05) is 18.5 Å². The van der Waals surface area contributed by atoms with Gasteiger partial charge in [-0.1, -0.05) is 19.3 Å². The highest BCUT2D eigenvalue weighted by Gasteiger charge is 2.43. The van der Waals surface area contributed by atoms with Crippen molar-refractivity contribution in [3.05, 3.63) is 18.5 Å². The minimum atomic E-state index is 0.839. The molecular formula is C17H26N4. The van der Waals surface area contributed by atoms with Gasteiger partial charge in [-0.25, -0.2) is 9.97 Å². The van der Waals surface area contributed by atoms with Gasteiger partial charge in [-0.3, -0.25) is 4.90 Å². The molecule has 4 heteroatoms. The van der Waals surface area contributed by atoms with Gasteiger partial charge in [0.1, 0.15) is 0 Å². The molecule has 3 fully saturated rings. The first-order valence-electron chi connectivity index (χ1n) is 8.66. The van der Waals surface area contributed by atoms with Crippen LogP contribution >= 0.6 is 0 Å². The molecule has 0 aromatic carbocycles. The molecule has 1 saturated carbocycles. The van der Waals surface area contributed by atoms with Crippen molar-refractivity contribution < 1.29 is 0 Å². The summed E-state index contributed by atoms with van der Waals surface area (Å²) in [4.78, 5) is 13.9. The van der Waals surface area contributed by atoms with E-state index in [0.29, 0.717) is 0 Å². The zero-order valence-electron chi connectivity index (χ0n) is 12.8. The molecule has 2 saturated heterocycles. The van der Waals surface area contributed by atoms with Gasteiger partial charge in [0, 0.05) is 50.5 Å². The van der Waals surface area contributed by atoms with Crippen molar-refractivity contribution in [2.75, 3.05) is 31.1 Å².